The van der Waals surface area contributed by atoms with Crippen molar-refractivity contribution in [2.75, 3.05) is 12.3 Å². The summed E-state index contributed by atoms with van der Waals surface area (Å²) in [6.45, 7) is -0.603. The average Bonchev–Trinajstić information content (AvgIpc) is 2.19. The summed E-state index contributed by atoms with van der Waals surface area (Å²) in [6, 6.07) is 6.71. The Bertz CT molecular complexity index is 325. The molecule has 5 heteroatoms. The van der Waals surface area contributed by atoms with Crippen LogP contribution in [0.3, 0.4) is 0 Å². The second-order valence-corrected chi connectivity index (χ2v) is 3.11. The minimum atomic E-state index is -2.51. The molecule has 0 aliphatic rings. The smallest absolute Gasteiger partial charge is 0.255 e. The summed E-state index contributed by atoms with van der Waals surface area (Å²) in [5.41, 5.74) is 6.81. The molecule has 0 heterocycles. The highest BCUT2D eigenvalue weighted by Crippen LogP contribution is 2.05. The zero-order valence-electron chi connectivity index (χ0n) is 8.04. The maximum absolute atomic E-state index is 11.8. The van der Waals surface area contributed by atoms with Gasteiger partial charge >= 0.3 is 0 Å². The molecular formula is C10H12F2N2O. The van der Waals surface area contributed by atoms with E-state index in [1.807, 2.05) is 0 Å². The SMILES string of the molecule is Nc1ccc(CC(=O)NCC(F)F)cc1. The van der Waals surface area contributed by atoms with Crippen LogP contribution in [-0.2, 0) is 11.2 Å². The van der Waals surface area contributed by atoms with Crippen LogP contribution in [0.2, 0.25) is 0 Å². The largest absolute Gasteiger partial charge is 0.399 e. The lowest BCUT2D eigenvalue weighted by Gasteiger charge is -2.04. The topological polar surface area (TPSA) is 55.1 Å². The van der Waals surface area contributed by atoms with Crippen LogP contribution in [0.5, 0.6) is 0 Å². The number of carbonyl (C=O) groups is 1. The molecule has 82 valence electrons. The number of nitrogens with two attached hydrogens (primary N) is 1. The molecule has 0 radical (unpaired) electrons. The molecule has 0 bridgehead atoms. The molecule has 0 spiro atoms. The van der Waals surface area contributed by atoms with Crippen LogP contribution in [-0.4, -0.2) is 18.9 Å². The Kier molecular flexibility index (Phi) is 4.03. The van der Waals surface area contributed by atoms with Gasteiger partial charge in [0, 0.05) is 5.69 Å². The summed E-state index contributed by atoms with van der Waals surface area (Å²) in [6.07, 6.45) is -2.42. The van der Waals surface area contributed by atoms with Crippen molar-refractivity contribution in [3.8, 4) is 0 Å². The minimum absolute atomic E-state index is 0.0903. The van der Waals surface area contributed by atoms with Crippen LogP contribution >= 0.6 is 0 Å². The van der Waals surface area contributed by atoms with Crippen molar-refractivity contribution in [2.45, 2.75) is 12.8 Å². The minimum Gasteiger partial charge on any atom is -0.399 e. The van der Waals surface area contributed by atoms with Crippen molar-refractivity contribution in [2.24, 2.45) is 0 Å². The van der Waals surface area contributed by atoms with Gasteiger partial charge in [-0.3, -0.25) is 4.79 Å². The maximum Gasteiger partial charge on any atom is 0.255 e. The standard InChI is InChI=1S/C10H12F2N2O/c11-9(12)6-14-10(15)5-7-1-3-8(13)4-2-7/h1-4,9H,5-6,13H2,(H,14,15). The van der Waals surface area contributed by atoms with Crippen molar-refractivity contribution < 1.29 is 13.6 Å². The van der Waals surface area contributed by atoms with E-state index >= 15 is 0 Å². The number of nitrogen functional groups attached to an aromatic ring is 1. The Morgan fingerprint density at radius 3 is 2.47 bits per heavy atom. The molecule has 0 saturated carbocycles. The second-order valence-electron chi connectivity index (χ2n) is 3.11. The highest BCUT2D eigenvalue weighted by molar-refractivity contribution is 5.78. The Balaban J connectivity index is 2.41. The average molecular weight is 214 g/mol. The van der Waals surface area contributed by atoms with Crippen molar-refractivity contribution >= 4 is 11.6 Å². The molecule has 1 amide bonds. The van der Waals surface area contributed by atoms with Crippen LogP contribution in [0.15, 0.2) is 24.3 Å². The van der Waals surface area contributed by atoms with Gasteiger partial charge in [0.1, 0.15) is 0 Å². The monoisotopic (exact) mass is 214 g/mol. The third-order valence-corrected chi connectivity index (χ3v) is 1.80. The van der Waals surface area contributed by atoms with Gasteiger partial charge in [-0.05, 0) is 17.7 Å². The molecule has 0 saturated heterocycles. The first kappa shape index (κ1) is 11.4. The number of anilines is 1. The maximum atomic E-state index is 11.8. The number of benzene rings is 1. The first-order valence-electron chi connectivity index (χ1n) is 4.47. The Labute approximate surface area is 86.3 Å². The third kappa shape index (κ3) is 4.39. The van der Waals surface area contributed by atoms with Crippen molar-refractivity contribution in [3.05, 3.63) is 29.8 Å². The van der Waals surface area contributed by atoms with E-state index in [4.69, 9.17) is 5.73 Å². The van der Waals surface area contributed by atoms with Gasteiger partial charge in [-0.15, -0.1) is 0 Å². The van der Waals surface area contributed by atoms with Gasteiger partial charge in [-0.2, -0.15) is 0 Å². The van der Waals surface area contributed by atoms with Gasteiger partial charge in [0.05, 0.1) is 13.0 Å². The summed E-state index contributed by atoms with van der Waals surface area (Å²) < 4.78 is 23.5. The molecule has 1 rings (SSSR count). The highest BCUT2D eigenvalue weighted by atomic mass is 19.3. The molecule has 0 aliphatic carbocycles. The second kappa shape index (κ2) is 5.29. The number of nitrogens with one attached hydrogen (secondary N) is 1. The van der Waals surface area contributed by atoms with Gasteiger partial charge in [-0.25, -0.2) is 8.78 Å². The fourth-order valence-electron chi connectivity index (χ4n) is 1.07. The van der Waals surface area contributed by atoms with Crippen LogP contribution in [0.25, 0.3) is 0 Å². The summed E-state index contributed by atoms with van der Waals surface area (Å²) >= 11 is 0. The van der Waals surface area contributed by atoms with Gasteiger partial charge in [0.2, 0.25) is 5.91 Å². The molecule has 15 heavy (non-hydrogen) atoms. The van der Waals surface area contributed by atoms with Crippen molar-refractivity contribution in [1.29, 1.82) is 0 Å². The fraction of sp³-hybridized carbons (Fsp3) is 0.300. The molecule has 0 unspecified atom stereocenters. The predicted molar refractivity (Wildman–Crippen MR) is 53.6 cm³/mol. The first-order chi connectivity index (χ1) is 7.08. The first-order valence-corrected chi connectivity index (χ1v) is 4.47. The lowest BCUT2D eigenvalue weighted by molar-refractivity contribution is -0.121. The number of carbonyl (C=O) groups excluding carboxylic acids is 1. The van der Waals surface area contributed by atoms with Crippen LogP contribution < -0.4 is 11.1 Å². The van der Waals surface area contributed by atoms with Gasteiger partial charge in [0.15, 0.2) is 0 Å². The Hall–Kier alpha value is -1.65. The van der Waals surface area contributed by atoms with Gasteiger partial charge in [0.25, 0.3) is 6.43 Å². The lowest BCUT2D eigenvalue weighted by Crippen LogP contribution is -2.29. The van der Waals surface area contributed by atoms with Crippen LogP contribution in [0.4, 0.5) is 14.5 Å². The molecule has 1 aromatic rings. The molecule has 0 fully saturated rings. The van der Waals surface area contributed by atoms with E-state index in [9.17, 15) is 13.6 Å². The van der Waals surface area contributed by atoms with E-state index < -0.39 is 18.9 Å². The van der Waals surface area contributed by atoms with Crippen LogP contribution in [0, 0.1) is 0 Å². The predicted octanol–water partition coefficient (Wildman–Crippen LogP) is 1.19. The molecule has 1 aromatic carbocycles. The Morgan fingerprint density at radius 2 is 1.93 bits per heavy atom. The van der Waals surface area contributed by atoms with E-state index in [0.29, 0.717) is 5.69 Å². The highest BCUT2D eigenvalue weighted by Gasteiger charge is 2.06. The van der Waals surface area contributed by atoms with Crippen LogP contribution in [0.1, 0.15) is 5.56 Å². The number of hydrogen-bond donors (Lipinski definition) is 2. The van der Waals surface area contributed by atoms with Gasteiger partial charge < -0.3 is 11.1 Å². The van der Waals surface area contributed by atoms with E-state index in [1.54, 1.807) is 24.3 Å². The third-order valence-electron chi connectivity index (χ3n) is 1.80. The van der Waals surface area contributed by atoms with Crippen molar-refractivity contribution in [3.63, 3.8) is 0 Å². The number of alkyl halides is 2. The number of halogens is 2. The molecular weight excluding hydrogens is 202 g/mol. The summed E-state index contributed by atoms with van der Waals surface area (Å²) in [7, 11) is 0. The number of amides is 1. The molecule has 3 nitrogen and oxygen atoms in total. The zero-order valence-corrected chi connectivity index (χ0v) is 8.04. The van der Waals surface area contributed by atoms with Crippen molar-refractivity contribution in [1.82, 2.24) is 5.32 Å². The molecule has 0 aromatic heterocycles. The summed E-state index contributed by atoms with van der Waals surface area (Å²) in [4.78, 5) is 11.1. The van der Waals surface area contributed by atoms with E-state index in [-0.39, 0.29) is 6.42 Å². The van der Waals surface area contributed by atoms with E-state index in [0.717, 1.165) is 5.56 Å². The summed E-state index contributed by atoms with van der Waals surface area (Å²) in [5.74, 6) is -0.417. The molecule has 3 N–H and O–H groups in total. The number of rotatable bonds is 4. The molecule has 0 atom stereocenters. The quantitative estimate of drug-likeness (QED) is 0.740. The summed E-state index contributed by atoms with van der Waals surface area (Å²) in [5, 5.41) is 2.13. The van der Waals surface area contributed by atoms with E-state index in [2.05, 4.69) is 5.32 Å². The lowest BCUT2D eigenvalue weighted by atomic mass is 10.1. The Morgan fingerprint density at radius 1 is 1.33 bits per heavy atom. The zero-order chi connectivity index (χ0) is 11.3. The number of hydrogen-bond acceptors (Lipinski definition) is 2. The van der Waals surface area contributed by atoms with Gasteiger partial charge in [-0.1, -0.05) is 12.1 Å². The molecule has 0 aliphatic heterocycles. The fourth-order valence-corrected chi connectivity index (χ4v) is 1.07. The van der Waals surface area contributed by atoms with E-state index in [1.165, 1.54) is 0 Å². The normalized spacial score (nSPS) is 10.3.